The lowest BCUT2D eigenvalue weighted by Gasteiger charge is -2.33. The molecule has 0 saturated carbocycles. The van der Waals surface area contributed by atoms with E-state index in [1.54, 1.807) is 23.5 Å². The maximum absolute atomic E-state index is 6.27. The van der Waals surface area contributed by atoms with Crippen LogP contribution in [0.4, 0.5) is 5.95 Å². The van der Waals surface area contributed by atoms with E-state index >= 15 is 0 Å². The summed E-state index contributed by atoms with van der Waals surface area (Å²) in [6.07, 6.45) is 1.05. The van der Waals surface area contributed by atoms with Gasteiger partial charge in [0.2, 0.25) is 5.95 Å². The van der Waals surface area contributed by atoms with Crippen molar-refractivity contribution in [2.45, 2.75) is 55.8 Å². The molecule has 194 valence electrons. The number of rotatable bonds is 6. The number of aromatic nitrogens is 3. The molecule has 0 saturated heterocycles. The molecular weight excluding hydrogens is 533 g/mol. The van der Waals surface area contributed by atoms with E-state index in [-0.39, 0.29) is 12.3 Å². The van der Waals surface area contributed by atoms with Gasteiger partial charge in [-0.15, -0.1) is 21.5 Å². The summed E-state index contributed by atoms with van der Waals surface area (Å²) >= 11 is 5.27. The highest BCUT2D eigenvalue weighted by Crippen LogP contribution is 2.50. The number of fused-ring (bicyclic) bond motifs is 8. The van der Waals surface area contributed by atoms with Gasteiger partial charge in [0, 0.05) is 28.4 Å². The number of benzene rings is 2. The van der Waals surface area contributed by atoms with Crippen molar-refractivity contribution in [2.24, 2.45) is 11.0 Å². The summed E-state index contributed by atoms with van der Waals surface area (Å²) in [6, 6.07) is 21.1. The number of nitrogens with one attached hydrogen (secondary N) is 1. The number of hydrogen-bond donors (Lipinski definition) is 1. The van der Waals surface area contributed by atoms with Gasteiger partial charge in [0.15, 0.2) is 16.5 Å². The quantitative estimate of drug-likeness (QED) is 0.276. The summed E-state index contributed by atoms with van der Waals surface area (Å²) in [4.78, 5) is 3.54. The van der Waals surface area contributed by atoms with Crippen LogP contribution in [0.2, 0.25) is 0 Å². The average Bonchev–Trinajstić information content (AvgIpc) is 3.66. The third-order valence-electron chi connectivity index (χ3n) is 7.17. The number of amidine groups is 1. The van der Waals surface area contributed by atoms with Gasteiger partial charge in [0.1, 0.15) is 5.00 Å². The Labute approximate surface area is 234 Å². The molecule has 2 atom stereocenters. The van der Waals surface area contributed by atoms with Gasteiger partial charge in [-0.3, -0.25) is 10.3 Å². The predicted octanol–water partition coefficient (Wildman–Crippen LogP) is 6.34. The third-order valence-corrected chi connectivity index (χ3v) is 10.4. The van der Waals surface area contributed by atoms with E-state index in [1.807, 2.05) is 11.3 Å². The van der Waals surface area contributed by atoms with E-state index in [4.69, 9.17) is 20.0 Å². The van der Waals surface area contributed by atoms with Crippen molar-refractivity contribution in [1.29, 1.82) is 0 Å². The fraction of sp³-hybridized carbons (Fsp3) is 0.321. The molecule has 0 spiro atoms. The topological polar surface area (TPSA) is 67.6 Å². The zero-order chi connectivity index (χ0) is 25.6. The fourth-order valence-corrected chi connectivity index (χ4v) is 8.30. The van der Waals surface area contributed by atoms with Crippen molar-refractivity contribution < 1.29 is 4.74 Å². The molecular formula is C28H28N6OS3. The van der Waals surface area contributed by atoms with Gasteiger partial charge in [-0.1, -0.05) is 98.0 Å². The lowest BCUT2D eigenvalue weighted by Crippen LogP contribution is -2.38. The first-order valence-corrected chi connectivity index (χ1v) is 15.6. The summed E-state index contributed by atoms with van der Waals surface area (Å²) in [5.74, 6) is 2.96. The smallest absolute Gasteiger partial charge is 0.241 e. The van der Waals surface area contributed by atoms with Crippen LogP contribution in [0.25, 0.3) is 5.00 Å². The summed E-state index contributed by atoms with van der Waals surface area (Å²) in [5.41, 5.74) is 8.70. The fourth-order valence-electron chi connectivity index (χ4n) is 5.14. The summed E-state index contributed by atoms with van der Waals surface area (Å²) in [7, 11) is 0. The van der Waals surface area contributed by atoms with E-state index in [2.05, 4.69) is 89.4 Å². The Morgan fingerprint density at radius 1 is 1.00 bits per heavy atom. The van der Waals surface area contributed by atoms with E-state index < -0.39 is 0 Å². The van der Waals surface area contributed by atoms with E-state index in [1.165, 1.54) is 32.1 Å². The SMILES string of the molecule is CC(C)[C@H]1Cc2c(sc3c2C2NN=C(SCc4ccccc4)N2c2nnc(SCc4ccccc4)n2-3)CO1. The second-order valence-corrected chi connectivity index (χ2v) is 13.0. The second-order valence-electron chi connectivity index (χ2n) is 9.98. The number of anilines is 1. The van der Waals surface area contributed by atoms with Gasteiger partial charge < -0.3 is 4.74 Å². The highest BCUT2D eigenvalue weighted by Gasteiger charge is 2.45. The minimum Gasteiger partial charge on any atom is -0.372 e. The van der Waals surface area contributed by atoms with Crippen LogP contribution in [0.15, 0.2) is 70.9 Å². The van der Waals surface area contributed by atoms with Crippen molar-refractivity contribution >= 4 is 46.0 Å². The maximum atomic E-state index is 6.27. The largest absolute Gasteiger partial charge is 0.372 e. The molecule has 1 N–H and O–H groups in total. The van der Waals surface area contributed by atoms with Gasteiger partial charge in [-0.05, 0) is 22.6 Å². The molecule has 0 bridgehead atoms. The Balaban J connectivity index is 1.27. The van der Waals surface area contributed by atoms with Gasteiger partial charge in [0.25, 0.3) is 0 Å². The summed E-state index contributed by atoms with van der Waals surface area (Å²) in [6.45, 7) is 5.14. The van der Waals surface area contributed by atoms with Gasteiger partial charge in [-0.25, -0.2) is 4.57 Å². The molecule has 7 nitrogen and oxygen atoms in total. The molecule has 1 unspecified atom stereocenters. The summed E-state index contributed by atoms with van der Waals surface area (Å²) in [5, 5.41) is 17.3. The Hall–Kier alpha value is -2.79. The van der Waals surface area contributed by atoms with Crippen molar-refractivity contribution in [3.8, 4) is 5.00 Å². The second kappa shape index (κ2) is 10.1. The number of hydrazone groups is 1. The molecule has 0 amide bonds. The maximum Gasteiger partial charge on any atom is 0.241 e. The number of thiophene rings is 1. The van der Waals surface area contributed by atoms with Crippen LogP contribution in [-0.2, 0) is 29.3 Å². The average molecular weight is 561 g/mol. The zero-order valence-corrected chi connectivity index (χ0v) is 23.7. The molecule has 4 aromatic rings. The monoisotopic (exact) mass is 560 g/mol. The molecule has 3 aliphatic heterocycles. The van der Waals surface area contributed by atoms with Crippen LogP contribution in [0.5, 0.6) is 0 Å². The molecule has 0 fully saturated rings. The van der Waals surface area contributed by atoms with Crippen molar-refractivity contribution in [2.75, 3.05) is 4.90 Å². The predicted molar refractivity (Wildman–Crippen MR) is 156 cm³/mol. The number of nitrogens with zero attached hydrogens (tertiary/aromatic N) is 5. The first-order valence-electron chi connectivity index (χ1n) is 12.8. The first-order chi connectivity index (χ1) is 18.7. The van der Waals surface area contributed by atoms with Crippen LogP contribution in [0, 0.1) is 5.92 Å². The van der Waals surface area contributed by atoms with Crippen LogP contribution in [0.1, 0.15) is 47.1 Å². The molecule has 2 aromatic heterocycles. The Morgan fingerprint density at radius 3 is 2.42 bits per heavy atom. The molecule has 5 heterocycles. The van der Waals surface area contributed by atoms with Crippen molar-refractivity contribution in [1.82, 2.24) is 20.2 Å². The van der Waals surface area contributed by atoms with E-state index in [9.17, 15) is 0 Å². The Morgan fingerprint density at radius 2 is 1.71 bits per heavy atom. The minimum atomic E-state index is -0.0853. The van der Waals surface area contributed by atoms with Gasteiger partial charge in [0.05, 0.1) is 12.7 Å². The van der Waals surface area contributed by atoms with Crippen LogP contribution in [0.3, 0.4) is 0 Å². The number of thioether (sulfide) groups is 2. The molecule has 0 radical (unpaired) electrons. The van der Waals surface area contributed by atoms with Crippen LogP contribution in [-0.4, -0.2) is 26.0 Å². The lowest BCUT2D eigenvalue weighted by atomic mass is 9.93. The highest BCUT2D eigenvalue weighted by molar-refractivity contribution is 8.13. The molecule has 10 heteroatoms. The lowest BCUT2D eigenvalue weighted by molar-refractivity contribution is 0.00135. The highest BCUT2D eigenvalue weighted by atomic mass is 32.2. The van der Waals surface area contributed by atoms with Crippen molar-refractivity contribution in [3.63, 3.8) is 0 Å². The molecule has 38 heavy (non-hydrogen) atoms. The zero-order valence-electron chi connectivity index (χ0n) is 21.2. The van der Waals surface area contributed by atoms with Gasteiger partial charge >= 0.3 is 0 Å². The third kappa shape index (κ3) is 4.23. The minimum absolute atomic E-state index is 0.0853. The van der Waals surface area contributed by atoms with Crippen LogP contribution < -0.4 is 10.3 Å². The Kier molecular flexibility index (Phi) is 6.43. The normalized spacial score (nSPS) is 19.4. The van der Waals surface area contributed by atoms with E-state index in [0.717, 1.165) is 34.2 Å². The van der Waals surface area contributed by atoms with E-state index in [0.29, 0.717) is 12.5 Å². The molecule has 3 aliphatic rings. The molecule has 7 rings (SSSR count). The first kappa shape index (κ1) is 24.3. The number of ether oxygens (including phenoxy) is 1. The van der Waals surface area contributed by atoms with Crippen LogP contribution >= 0.6 is 34.9 Å². The molecule has 0 aliphatic carbocycles. The molecule has 2 aromatic carbocycles. The summed E-state index contributed by atoms with van der Waals surface area (Å²) < 4.78 is 8.51. The van der Waals surface area contributed by atoms with Crippen molar-refractivity contribution in [3.05, 3.63) is 87.8 Å². The van der Waals surface area contributed by atoms with Gasteiger partial charge in [-0.2, -0.15) is 5.10 Å². The standard InChI is InChI=1S/C28H28N6OS3/c1-17(2)21-13-20-22(14-35-21)38-25-23(20)24-29-31-27(36-15-18-9-5-3-6-10-18)33(24)26-30-32-28(34(25)26)37-16-19-11-7-4-8-12-19/h3-12,17,21,24,29H,13-16H2,1-2H3/t21-,24?/m1/s1. The Bertz CT molecular complexity index is 1480. The number of hydrogen-bond acceptors (Lipinski definition) is 9.